The third kappa shape index (κ3) is 20.2. The second kappa shape index (κ2) is 44.3. The third-order valence-electron chi connectivity index (χ3n) is 31.2. The lowest BCUT2D eigenvalue weighted by molar-refractivity contribution is 0.00578. The Morgan fingerprint density at radius 1 is 0.214 bits per heavy atom. The van der Waals surface area contributed by atoms with E-state index in [4.69, 9.17) is 18.6 Å². The van der Waals surface area contributed by atoms with Crippen molar-refractivity contribution in [1.29, 1.82) is 0 Å². The molecular formula is C126H142B2Br4N4O4. The van der Waals surface area contributed by atoms with Crippen LogP contribution in [-0.4, -0.2) is 54.9 Å². The number of fused-ring (bicyclic) bond motifs is 18. The molecule has 0 atom stereocenters. The molecule has 18 aromatic rings. The van der Waals surface area contributed by atoms with Crippen molar-refractivity contribution in [2.24, 2.45) is 0 Å². The molecule has 0 amide bonds. The van der Waals surface area contributed by atoms with E-state index in [1.54, 1.807) is 0 Å². The fourth-order valence-electron chi connectivity index (χ4n) is 22.3. The van der Waals surface area contributed by atoms with Crippen molar-refractivity contribution >= 4 is 208 Å². The van der Waals surface area contributed by atoms with Crippen LogP contribution in [0.15, 0.2) is 261 Å². The van der Waals surface area contributed by atoms with E-state index in [1.165, 1.54) is 327 Å². The zero-order valence-electron chi connectivity index (χ0n) is 85.4. The number of rotatable bonds is 36. The molecule has 2 aliphatic heterocycles. The van der Waals surface area contributed by atoms with Crippen LogP contribution in [0.3, 0.4) is 0 Å². The zero-order valence-corrected chi connectivity index (χ0v) is 91.7. The number of benzene rings is 14. The molecule has 0 bridgehead atoms. The molecule has 8 nitrogen and oxygen atoms in total. The lowest BCUT2D eigenvalue weighted by atomic mass is 9.73. The van der Waals surface area contributed by atoms with Crippen LogP contribution in [-0.2, 0) is 57.1 Å². The highest BCUT2D eigenvalue weighted by molar-refractivity contribution is 9.11. The van der Waals surface area contributed by atoms with Crippen molar-refractivity contribution in [3.8, 4) is 22.7 Å². The summed E-state index contributed by atoms with van der Waals surface area (Å²) in [4.78, 5) is 0. The minimum atomic E-state index is -0.478. The van der Waals surface area contributed by atoms with Crippen LogP contribution in [0.25, 0.3) is 142 Å². The van der Waals surface area contributed by atoms with Crippen LogP contribution in [0.2, 0.25) is 0 Å². The third-order valence-corrected chi connectivity index (χ3v) is 33.8. The fourth-order valence-corrected chi connectivity index (χ4v) is 24.3. The quantitative estimate of drug-likeness (QED) is 0.0290. The number of aryl methyl sites for hydroxylation is 6. The molecule has 14 heteroatoms. The second-order valence-electron chi connectivity index (χ2n) is 42.0. The van der Waals surface area contributed by atoms with Gasteiger partial charge in [-0.1, -0.05) is 372 Å². The van der Waals surface area contributed by atoms with Gasteiger partial charge in [-0.15, -0.1) is 0 Å². The van der Waals surface area contributed by atoms with Gasteiger partial charge in [-0.2, -0.15) is 0 Å². The summed E-state index contributed by atoms with van der Waals surface area (Å²) >= 11 is 15.6. The topological polar surface area (TPSA) is 56.6 Å². The molecule has 2 saturated heterocycles. The number of halogens is 4. The summed E-state index contributed by atoms with van der Waals surface area (Å²) in [6, 6.07) is 91.1. The fraction of sp³-hybridized carbons (Fsp3) is 0.381. The van der Waals surface area contributed by atoms with Gasteiger partial charge < -0.3 is 36.9 Å². The lowest BCUT2D eigenvalue weighted by Crippen LogP contribution is -2.41. The molecule has 0 N–H and O–H groups in total. The Labute approximate surface area is 866 Å². The van der Waals surface area contributed by atoms with Crippen molar-refractivity contribution in [2.45, 2.75) is 312 Å². The van der Waals surface area contributed by atoms with E-state index < -0.39 is 36.6 Å². The molecule has 0 radical (unpaired) electrons. The normalized spacial score (nSPS) is 14.6. The molecule has 20 rings (SSSR count). The van der Waals surface area contributed by atoms with Gasteiger partial charge in [0.1, 0.15) is 0 Å². The Kier molecular flexibility index (Phi) is 31.9. The molecule has 0 spiro atoms. The van der Waals surface area contributed by atoms with Crippen LogP contribution in [0.1, 0.15) is 284 Å². The average Bonchev–Trinajstić information content (AvgIpc) is 1.58. The molecule has 6 heterocycles. The van der Waals surface area contributed by atoms with Crippen molar-refractivity contribution < 1.29 is 18.6 Å². The highest BCUT2D eigenvalue weighted by Gasteiger charge is 2.54. The maximum absolute atomic E-state index is 6.78. The first-order chi connectivity index (χ1) is 67.9. The van der Waals surface area contributed by atoms with Gasteiger partial charge >= 0.3 is 14.2 Å². The van der Waals surface area contributed by atoms with Gasteiger partial charge in [-0.25, -0.2) is 0 Å². The predicted octanol–water partition coefficient (Wildman–Crippen LogP) is 37.3. The minimum Gasteiger partial charge on any atom is -0.399 e. The van der Waals surface area contributed by atoms with E-state index in [0.29, 0.717) is 0 Å². The summed E-state index contributed by atoms with van der Waals surface area (Å²) in [5.41, 5.74) is 24.2. The largest absolute Gasteiger partial charge is 0.495 e. The highest BCUT2D eigenvalue weighted by atomic mass is 79.9. The molecule has 0 unspecified atom stereocenters. The Morgan fingerprint density at radius 2 is 0.486 bits per heavy atom. The first-order valence-corrected chi connectivity index (χ1v) is 56.3. The Hall–Kier alpha value is -9.05. The average molecular weight is 2120 g/mol. The van der Waals surface area contributed by atoms with Crippen molar-refractivity contribution in [2.75, 3.05) is 0 Å². The Morgan fingerprint density at radius 3 is 0.871 bits per heavy atom. The summed E-state index contributed by atoms with van der Waals surface area (Å²) in [6.07, 6.45) is 36.0. The summed E-state index contributed by atoms with van der Waals surface area (Å²) in [5.74, 6) is 0. The number of hydrogen-bond acceptors (Lipinski definition) is 4. The second-order valence-corrected chi connectivity index (χ2v) is 45.5. The van der Waals surface area contributed by atoms with Gasteiger partial charge in [0.2, 0.25) is 0 Å². The lowest BCUT2D eigenvalue weighted by Gasteiger charge is -2.32. The first-order valence-electron chi connectivity index (χ1n) is 53.1. The van der Waals surface area contributed by atoms with Gasteiger partial charge in [0.05, 0.1) is 66.5 Å². The molecular weight excluding hydrogens is 1970 g/mol. The summed E-state index contributed by atoms with van der Waals surface area (Å²) in [5, 5.41) is 18.0. The van der Waals surface area contributed by atoms with Gasteiger partial charge in [-0.05, 0) is 300 Å². The van der Waals surface area contributed by atoms with E-state index in [9.17, 15) is 0 Å². The van der Waals surface area contributed by atoms with Crippen molar-refractivity contribution in [1.82, 2.24) is 18.3 Å². The SMILES string of the molecule is CCCCCCc1cc(-n2c3ccccc3c3c4ccccc4c(B4OC(C)(C)C(C)(C)O4)cc32)c(CCCCCC)cc1B1OC(C)(C)C(C)(C)O1.CCCCCCc1cc(-n2c3ccccc3c3c4ccccc4c(Br)cc32)c(CCCCCC)cc1-n1c2ccccc2c2cc(Br)ccc21.CCCCCCc1cc(-n2c3ccccc3c3c4ccccc4c(Br)cc32)c(CCCCCC)cc1Br. The first kappa shape index (κ1) is 101. The molecule has 140 heavy (non-hydrogen) atoms. The molecule has 0 aliphatic carbocycles. The van der Waals surface area contributed by atoms with E-state index in [2.05, 4.69) is 422 Å². The van der Waals surface area contributed by atoms with E-state index >= 15 is 0 Å². The van der Waals surface area contributed by atoms with Gasteiger partial charge in [0, 0.05) is 83.7 Å². The van der Waals surface area contributed by atoms with E-state index in [-0.39, 0.29) is 0 Å². The molecule has 4 aromatic heterocycles. The zero-order chi connectivity index (χ0) is 97.7. The Balaban J connectivity index is 0.000000141. The van der Waals surface area contributed by atoms with E-state index in [0.717, 1.165) is 70.2 Å². The summed E-state index contributed by atoms with van der Waals surface area (Å²) in [6.45, 7) is 30.9. The van der Waals surface area contributed by atoms with E-state index in [1.807, 2.05) is 0 Å². The van der Waals surface area contributed by atoms with Gasteiger partial charge in [-0.3, -0.25) is 0 Å². The van der Waals surface area contributed by atoms with Crippen LogP contribution in [0.5, 0.6) is 0 Å². The van der Waals surface area contributed by atoms with Gasteiger partial charge in [0.15, 0.2) is 0 Å². The number of para-hydroxylation sites is 4. The highest BCUT2D eigenvalue weighted by Crippen LogP contribution is 2.49. The van der Waals surface area contributed by atoms with Crippen LogP contribution in [0, 0.1) is 0 Å². The summed E-state index contributed by atoms with van der Waals surface area (Å²) in [7, 11) is -0.879. The molecule has 724 valence electrons. The minimum absolute atomic E-state index is 0.401. The van der Waals surface area contributed by atoms with Crippen LogP contribution >= 0.6 is 63.7 Å². The molecule has 0 saturated carbocycles. The molecule has 14 aromatic carbocycles. The number of nitrogens with zero attached hydrogens (tertiary/aromatic N) is 4. The summed E-state index contributed by atoms with van der Waals surface area (Å²) < 4.78 is 42.0. The number of aromatic nitrogens is 4. The maximum Gasteiger partial charge on any atom is 0.495 e. The van der Waals surface area contributed by atoms with Crippen molar-refractivity contribution in [3.63, 3.8) is 0 Å². The van der Waals surface area contributed by atoms with Crippen LogP contribution in [0.4, 0.5) is 0 Å². The Bertz CT molecular complexity index is 7500. The molecule has 2 fully saturated rings. The number of unbranched alkanes of at least 4 members (excludes halogenated alkanes) is 18. The number of hydrogen-bond donors (Lipinski definition) is 0. The van der Waals surface area contributed by atoms with Gasteiger partial charge in [0.25, 0.3) is 0 Å². The standard InChI is InChI=1S/C46H61B2NO4.C46H44Br2N2.C34H37Br2N/c1-11-13-15-17-23-32-30-40(33(24-18-16-14-12-2)29-37(32)47-50-43(3,4)44(5,6)51-47)49-39-28-22-21-27-36(39)42-35-26-20-19-25-34(35)38(31-41(42)49)48-52-45(7,8)46(9,10)53-48;1-3-5-7-9-17-31-28-44(50-41-24-16-14-22-37(41)46-36-21-12-11-19-34(36)39(48)30-45(46)50)32(18-10-8-6-4-2)27-43(31)49-40-23-15-13-20-35(40)38-29-33(47)25-26-42(38)49;1-3-5-7-9-15-24-22-32(25(21-29(24)35)16-10-8-6-4-2)37-31-20-14-13-19-28(31)34-27-18-12-11-17-26(27)30(36)23-33(34)37/h19-22,25-31H,11-18,23-24H2,1-10H3;11-16,19-30H,3-10,17-18H2,1-2H3;11-14,17-23H,3-10,15-16H2,1-2H3. The smallest absolute Gasteiger partial charge is 0.399 e. The van der Waals surface area contributed by atoms with Crippen LogP contribution < -0.4 is 10.9 Å². The maximum atomic E-state index is 6.78. The van der Waals surface area contributed by atoms with Crippen molar-refractivity contribution in [3.05, 3.63) is 294 Å². The monoisotopic (exact) mass is 2110 g/mol. The predicted molar refractivity (Wildman–Crippen MR) is 619 cm³/mol. The molecule has 2 aliphatic rings.